The number of benzene rings is 1. The van der Waals surface area contributed by atoms with E-state index in [4.69, 9.17) is 24.7 Å². The summed E-state index contributed by atoms with van der Waals surface area (Å²) in [4.78, 5) is 70.5. The smallest absolute Gasteiger partial charge is 0.410 e. The molecule has 3 N–H and O–H groups in total. The lowest BCUT2D eigenvalue weighted by molar-refractivity contribution is -0.384. The van der Waals surface area contributed by atoms with Crippen LogP contribution in [0.3, 0.4) is 0 Å². The van der Waals surface area contributed by atoms with Crippen LogP contribution in [-0.4, -0.2) is 108 Å². The van der Waals surface area contributed by atoms with E-state index in [9.17, 15) is 29.3 Å². The van der Waals surface area contributed by atoms with Crippen LogP contribution >= 0.6 is 0 Å². The van der Waals surface area contributed by atoms with E-state index in [2.05, 4.69) is 17.1 Å². The summed E-state index contributed by atoms with van der Waals surface area (Å²) in [6.07, 6.45) is 2.92. The molecule has 3 aliphatic heterocycles. The molecule has 1 aromatic rings. The van der Waals surface area contributed by atoms with Gasteiger partial charge in [0.1, 0.15) is 17.8 Å². The van der Waals surface area contributed by atoms with Gasteiger partial charge in [-0.15, -0.1) is 0 Å². The van der Waals surface area contributed by atoms with E-state index in [1.807, 2.05) is 41.8 Å². The molecule has 0 radical (unpaired) electrons. The highest BCUT2D eigenvalue weighted by Crippen LogP contribution is 2.42. The maximum atomic E-state index is 14.4. The summed E-state index contributed by atoms with van der Waals surface area (Å²) < 4.78 is 25.1. The first-order valence-corrected chi connectivity index (χ1v) is 21.0. The summed E-state index contributed by atoms with van der Waals surface area (Å²) >= 11 is 0. The molecule has 1 aromatic carbocycles. The number of fused-ring (bicyclic) bond motifs is 1. The number of unbranched alkanes of at least 4 members (excludes halogenated alkanes) is 1. The molecule has 12 atom stereocenters. The fraction of sp³-hybridized carbons (Fsp3) is 0.721. The van der Waals surface area contributed by atoms with Crippen molar-refractivity contribution in [3.05, 3.63) is 46.1 Å². The lowest BCUT2D eigenvalue weighted by Gasteiger charge is -2.40. The van der Waals surface area contributed by atoms with Gasteiger partial charge in [0.15, 0.2) is 17.7 Å². The van der Waals surface area contributed by atoms with Crippen LogP contribution in [0.2, 0.25) is 0 Å². The van der Waals surface area contributed by atoms with Crippen LogP contribution in [0.5, 0.6) is 0 Å². The highest BCUT2D eigenvalue weighted by Gasteiger charge is 2.59. The van der Waals surface area contributed by atoms with E-state index in [1.54, 1.807) is 44.0 Å². The normalized spacial score (nSPS) is 34.5. The van der Waals surface area contributed by atoms with Gasteiger partial charge in [0.05, 0.1) is 28.9 Å². The maximum absolute atomic E-state index is 14.4. The zero-order valence-corrected chi connectivity index (χ0v) is 36.1. The van der Waals surface area contributed by atoms with Crippen LogP contribution in [0.4, 0.5) is 10.5 Å². The Bertz CT molecular complexity index is 1650. The lowest BCUT2D eigenvalue weighted by atomic mass is 9.76. The van der Waals surface area contributed by atoms with Crippen molar-refractivity contribution in [2.24, 2.45) is 35.3 Å². The Morgan fingerprint density at radius 2 is 1.74 bits per heavy atom. The van der Waals surface area contributed by atoms with Crippen LogP contribution < -0.4 is 11.1 Å². The van der Waals surface area contributed by atoms with Gasteiger partial charge in [0, 0.05) is 67.2 Å². The number of hydrogen-bond acceptors (Lipinski definition) is 13. The van der Waals surface area contributed by atoms with Gasteiger partial charge < -0.3 is 39.8 Å². The van der Waals surface area contributed by atoms with Gasteiger partial charge >= 0.3 is 12.1 Å². The standard InChI is InChI=1S/C43H67N5O10/c1-11-36-43(8)40(47(42(52)58-43)18-13-12-17-45-24-34(44)31-15-14-16-32(22-31)48(53)54)29(6)38(49)26(3)19-25(2)20-35(28(5)39(50)30(7)41(51)57-36)56-37-23-33(46(9)10)21-27(4)55-37/h14-16,22,24-30,33,35-37,40,45H,11-13,17-21,23,44H2,1-10H3/b34-24-/t25-,26-,27-,28-,29+,30-,33+,35?,36-,37?,40?,43-/m1/s1. The fourth-order valence-corrected chi connectivity index (χ4v) is 9.07. The van der Waals surface area contributed by atoms with E-state index < -0.39 is 64.9 Å². The number of nitrogens with zero attached hydrogens (tertiary/aromatic N) is 3. The first-order valence-electron chi connectivity index (χ1n) is 21.0. The molecule has 15 heteroatoms. The average molecular weight is 814 g/mol. The summed E-state index contributed by atoms with van der Waals surface area (Å²) in [5, 5.41) is 14.3. The molecule has 4 rings (SSSR count). The first kappa shape index (κ1) is 46.6. The summed E-state index contributed by atoms with van der Waals surface area (Å²) in [6.45, 7) is 15.5. The fourth-order valence-electron chi connectivity index (χ4n) is 9.07. The van der Waals surface area contributed by atoms with Gasteiger partial charge in [-0.1, -0.05) is 46.8 Å². The van der Waals surface area contributed by atoms with Crippen LogP contribution in [0.15, 0.2) is 30.5 Å². The zero-order valence-electron chi connectivity index (χ0n) is 36.1. The molecule has 0 bridgehead atoms. The Morgan fingerprint density at radius 3 is 2.40 bits per heavy atom. The predicted octanol–water partition coefficient (Wildman–Crippen LogP) is 6.08. The number of amides is 1. The summed E-state index contributed by atoms with van der Waals surface area (Å²) in [5.41, 5.74) is 5.58. The van der Waals surface area contributed by atoms with E-state index in [0.29, 0.717) is 49.9 Å². The van der Waals surface area contributed by atoms with Crippen molar-refractivity contribution in [1.82, 2.24) is 15.1 Å². The van der Waals surface area contributed by atoms with Crippen molar-refractivity contribution >= 4 is 35.0 Å². The number of nitro benzene ring substituents is 1. The Hall–Kier alpha value is -4.08. The number of nitrogens with two attached hydrogens (primary N) is 1. The minimum absolute atomic E-state index is 0.0237. The first-order chi connectivity index (χ1) is 27.3. The lowest BCUT2D eigenvalue weighted by Crippen LogP contribution is -2.57. The molecule has 0 aromatic heterocycles. The van der Waals surface area contributed by atoms with Crippen molar-refractivity contribution in [3.63, 3.8) is 0 Å². The number of hydrogen-bond donors (Lipinski definition) is 2. The van der Waals surface area contributed by atoms with Gasteiger partial charge in [-0.05, 0) is 79.3 Å². The van der Waals surface area contributed by atoms with Crippen molar-refractivity contribution in [2.75, 3.05) is 27.2 Å². The second-order valence-electron chi connectivity index (χ2n) is 17.3. The third-order valence-electron chi connectivity index (χ3n) is 12.4. The SMILES string of the molecule is CC[C@H]1OC(=O)[C@H](C)C(=O)[C@H](C)C(OC2C[C@@H](N(C)C)C[C@@H](C)O2)C[C@H](C)C[C@@H](C)C(=O)[C@H](C)C2N(CCCCN/C=C(\N)c3cccc([N+](=O)[O-])c3)C(=O)O[C@@]21C. The van der Waals surface area contributed by atoms with Crippen molar-refractivity contribution < 1.29 is 43.0 Å². The maximum Gasteiger partial charge on any atom is 0.410 e. The number of esters is 1. The highest BCUT2D eigenvalue weighted by molar-refractivity contribution is 6.00. The second kappa shape index (κ2) is 20.3. The van der Waals surface area contributed by atoms with Crippen molar-refractivity contribution in [3.8, 4) is 0 Å². The monoisotopic (exact) mass is 813 g/mol. The number of Topliss-reactive ketones (excluding diaryl/α,β-unsaturated/α-hetero) is 2. The largest absolute Gasteiger partial charge is 0.458 e. The third kappa shape index (κ3) is 11.1. The minimum Gasteiger partial charge on any atom is -0.458 e. The molecule has 0 saturated carbocycles. The second-order valence-corrected chi connectivity index (χ2v) is 17.3. The molecule has 3 aliphatic rings. The van der Waals surface area contributed by atoms with E-state index in [-0.39, 0.29) is 54.2 Å². The van der Waals surface area contributed by atoms with Crippen LogP contribution in [0, 0.1) is 39.7 Å². The molecule has 3 unspecified atom stereocenters. The predicted molar refractivity (Wildman–Crippen MR) is 219 cm³/mol. The topological polar surface area (TPSA) is 193 Å². The molecule has 0 aliphatic carbocycles. The summed E-state index contributed by atoms with van der Waals surface area (Å²) in [7, 11) is 4.07. The van der Waals surface area contributed by atoms with Crippen LogP contribution in [0.1, 0.15) is 106 Å². The molecule has 15 nitrogen and oxygen atoms in total. The molecule has 0 spiro atoms. The molecule has 3 fully saturated rings. The van der Waals surface area contributed by atoms with Gasteiger partial charge in [-0.2, -0.15) is 0 Å². The summed E-state index contributed by atoms with van der Waals surface area (Å²) in [5.74, 6) is -3.91. The molecular formula is C43H67N5O10. The Morgan fingerprint density at radius 1 is 1.03 bits per heavy atom. The third-order valence-corrected chi connectivity index (χ3v) is 12.4. The van der Waals surface area contributed by atoms with Crippen LogP contribution in [0.25, 0.3) is 5.70 Å². The van der Waals surface area contributed by atoms with E-state index >= 15 is 0 Å². The van der Waals surface area contributed by atoms with E-state index in [0.717, 1.165) is 6.42 Å². The molecule has 3 saturated heterocycles. The number of nitrogens with one attached hydrogen (secondary N) is 1. The number of cyclic esters (lactones) is 1. The highest BCUT2D eigenvalue weighted by atomic mass is 16.7. The molecular weight excluding hydrogens is 746 g/mol. The number of carbonyl (C=O) groups is 4. The Kier molecular flexibility index (Phi) is 16.3. The minimum atomic E-state index is -1.38. The van der Waals surface area contributed by atoms with Gasteiger partial charge in [-0.25, -0.2) is 4.79 Å². The number of non-ortho nitro benzene ring substituents is 1. The molecule has 3 heterocycles. The van der Waals surface area contributed by atoms with Crippen molar-refractivity contribution in [1.29, 1.82) is 0 Å². The molecule has 58 heavy (non-hydrogen) atoms. The van der Waals surface area contributed by atoms with Gasteiger partial charge in [0.25, 0.3) is 5.69 Å². The van der Waals surface area contributed by atoms with Crippen LogP contribution in [-0.2, 0) is 33.3 Å². The number of rotatable bonds is 12. The van der Waals surface area contributed by atoms with Crippen molar-refractivity contribution in [2.45, 2.75) is 143 Å². The van der Waals surface area contributed by atoms with E-state index in [1.165, 1.54) is 12.1 Å². The number of ketones is 2. The molecule has 324 valence electrons. The van der Waals surface area contributed by atoms with Gasteiger partial charge in [-0.3, -0.25) is 24.5 Å². The number of ether oxygens (including phenoxy) is 4. The number of nitro groups is 1. The zero-order chi connectivity index (χ0) is 43.1. The molecule has 1 amide bonds. The quantitative estimate of drug-likeness (QED) is 0.0813. The number of carbonyl (C=O) groups excluding carboxylic acids is 4. The Labute approximate surface area is 343 Å². The van der Waals surface area contributed by atoms with Gasteiger partial charge in [0.2, 0.25) is 0 Å². The summed E-state index contributed by atoms with van der Waals surface area (Å²) in [6, 6.07) is 5.56. The average Bonchev–Trinajstić information content (AvgIpc) is 3.44. The Balaban J connectivity index is 1.54.